The van der Waals surface area contributed by atoms with E-state index in [4.69, 9.17) is 4.74 Å². The molecule has 0 aliphatic carbocycles. The van der Waals surface area contributed by atoms with Crippen LogP contribution in [0.2, 0.25) is 0 Å². The predicted octanol–water partition coefficient (Wildman–Crippen LogP) is 2.78. The number of hydrazone groups is 1. The van der Waals surface area contributed by atoms with Gasteiger partial charge >= 0.3 is 0 Å². The van der Waals surface area contributed by atoms with E-state index >= 15 is 0 Å². The summed E-state index contributed by atoms with van der Waals surface area (Å²) in [5.41, 5.74) is 5.88. The van der Waals surface area contributed by atoms with E-state index in [9.17, 15) is 8.42 Å². The Morgan fingerprint density at radius 1 is 1.13 bits per heavy atom. The minimum absolute atomic E-state index is 0.177. The normalized spacial score (nSPS) is 15.5. The van der Waals surface area contributed by atoms with E-state index in [2.05, 4.69) is 32.5 Å². The number of anilines is 2. The van der Waals surface area contributed by atoms with Crippen LogP contribution in [0.4, 0.5) is 11.5 Å². The Morgan fingerprint density at radius 3 is 2.37 bits per heavy atom. The van der Waals surface area contributed by atoms with E-state index in [1.165, 1.54) is 16.2 Å². The molecule has 1 fully saturated rings. The molecule has 9 heteroatoms. The van der Waals surface area contributed by atoms with Crippen molar-refractivity contribution in [2.45, 2.75) is 25.7 Å². The molecule has 30 heavy (non-hydrogen) atoms. The van der Waals surface area contributed by atoms with Gasteiger partial charge in [0.15, 0.2) is 0 Å². The maximum absolute atomic E-state index is 12.5. The number of pyridine rings is 1. The number of hydrogen-bond acceptors (Lipinski definition) is 7. The lowest BCUT2D eigenvalue weighted by molar-refractivity contribution is 0.122. The van der Waals surface area contributed by atoms with Crippen molar-refractivity contribution in [3.05, 3.63) is 48.2 Å². The molecule has 2 heterocycles. The number of ether oxygens (including phenoxy) is 1. The zero-order valence-electron chi connectivity index (χ0n) is 17.7. The first-order valence-corrected chi connectivity index (χ1v) is 11.6. The smallest absolute Gasteiger partial charge is 0.244 e. The number of sulfonamides is 1. The number of nitrogens with zero attached hydrogens (tertiary/aromatic N) is 4. The van der Waals surface area contributed by atoms with E-state index in [1.54, 1.807) is 12.1 Å². The van der Waals surface area contributed by atoms with Crippen LogP contribution >= 0.6 is 0 Å². The molecule has 1 saturated heterocycles. The largest absolute Gasteiger partial charge is 0.378 e. The lowest BCUT2D eigenvalue weighted by Crippen LogP contribution is -2.36. The standard InChI is InChI=1S/C21H29N5O3S/c1-4-26(5-2)30(27,28)20-10-11-21(22-16-20)24-23-17(3)18-6-8-19(9-7-18)25-12-14-29-15-13-25/h6-11,16H,4-5,12-15H2,1-3H3,(H,22,24)/b23-17-. The summed E-state index contributed by atoms with van der Waals surface area (Å²) in [7, 11) is -3.51. The number of morpholine rings is 1. The molecular formula is C21H29N5O3S. The maximum atomic E-state index is 12.5. The number of benzene rings is 1. The fraction of sp³-hybridized carbons (Fsp3) is 0.429. The summed E-state index contributed by atoms with van der Waals surface area (Å²) in [6.45, 7) is 9.71. The Kier molecular flexibility index (Phi) is 7.41. The molecule has 0 saturated carbocycles. The molecule has 1 N–H and O–H groups in total. The van der Waals surface area contributed by atoms with Crippen molar-refractivity contribution in [1.29, 1.82) is 0 Å². The van der Waals surface area contributed by atoms with Crippen molar-refractivity contribution in [3.8, 4) is 0 Å². The van der Waals surface area contributed by atoms with Crippen LogP contribution in [-0.4, -0.2) is 62.8 Å². The summed E-state index contributed by atoms with van der Waals surface area (Å²) in [4.78, 5) is 6.67. The number of nitrogens with one attached hydrogen (secondary N) is 1. The SMILES string of the molecule is CCN(CC)S(=O)(=O)c1ccc(N/N=C(/C)c2ccc(N3CCOCC3)cc2)nc1. The van der Waals surface area contributed by atoms with Crippen molar-refractivity contribution in [1.82, 2.24) is 9.29 Å². The Labute approximate surface area is 178 Å². The van der Waals surface area contributed by atoms with Gasteiger partial charge in [0.05, 0.1) is 18.9 Å². The van der Waals surface area contributed by atoms with E-state index in [-0.39, 0.29) is 4.90 Å². The van der Waals surface area contributed by atoms with Gasteiger partial charge in [-0.05, 0) is 36.8 Å². The minimum atomic E-state index is -3.51. The summed E-state index contributed by atoms with van der Waals surface area (Å²) >= 11 is 0. The van der Waals surface area contributed by atoms with E-state index < -0.39 is 10.0 Å². The molecule has 8 nitrogen and oxygen atoms in total. The topological polar surface area (TPSA) is 87.1 Å². The summed E-state index contributed by atoms with van der Waals surface area (Å²) < 4.78 is 31.9. The van der Waals surface area contributed by atoms with Crippen molar-refractivity contribution >= 4 is 27.2 Å². The van der Waals surface area contributed by atoms with E-state index in [0.717, 1.165) is 37.6 Å². The lowest BCUT2D eigenvalue weighted by atomic mass is 10.1. The number of aromatic nitrogens is 1. The third kappa shape index (κ3) is 5.16. The van der Waals surface area contributed by atoms with E-state index in [0.29, 0.717) is 18.9 Å². The second-order valence-electron chi connectivity index (χ2n) is 6.92. The summed E-state index contributed by atoms with van der Waals surface area (Å²) in [5.74, 6) is 0.484. The molecule has 1 aliphatic heterocycles. The Morgan fingerprint density at radius 2 is 1.80 bits per heavy atom. The predicted molar refractivity (Wildman–Crippen MR) is 120 cm³/mol. The summed E-state index contributed by atoms with van der Waals surface area (Å²) in [6.07, 6.45) is 1.36. The second-order valence-corrected chi connectivity index (χ2v) is 8.86. The lowest BCUT2D eigenvalue weighted by Gasteiger charge is -2.28. The average molecular weight is 432 g/mol. The second kappa shape index (κ2) is 10.0. The van der Waals surface area contributed by atoms with Crippen LogP contribution in [-0.2, 0) is 14.8 Å². The quantitative estimate of drug-likeness (QED) is 0.511. The van der Waals surface area contributed by atoms with Crippen LogP contribution in [0, 0.1) is 0 Å². The first kappa shape index (κ1) is 22.2. The monoisotopic (exact) mass is 431 g/mol. The van der Waals surface area contributed by atoms with Crippen molar-refractivity contribution < 1.29 is 13.2 Å². The van der Waals surface area contributed by atoms with Gasteiger partial charge in [0.1, 0.15) is 10.7 Å². The highest BCUT2D eigenvalue weighted by Gasteiger charge is 2.21. The first-order chi connectivity index (χ1) is 14.5. The Bertz CT molecular complexity index is 949. The molecule has 1 aromatic carbocycles. The van der Waals surface area contributed by atoms with Crippen molar-refractivity contribution in [2.24, 2.45) is 5.10 Å². The number of hydrogen-bond donors (Lipinski definition) is 1. The van der Waals surface area contributed by atoms with Gasteiger partial charge in [-0.25, -0.2) is 13.4 Å². The van der Waals surface area contributed by atoms with Gasteiger partial charge < -0.3 is 9.64 Å². The molecule has 162 valence electrons. The fourth-order valence-electron chi connectivity index (χ4n) is 3.25. The zero-order chi connectivity index (χ0) is 21.6. The molecule has 3 rings (SSSR count). The molecule has 1 aromatic heterocycles. The molecule has 0 bridgehead atoms. The van der Waals surface area contributed by atoms with Gasteiger partial charge in [0.2, 0.25) is 10.0 Å². The Hall–Kier alpha value is -2.49. The summed E-state index contributed by atoms with van der Waals surface area (Å²) in [5, 5.41) is 4.38. The van der Waals surface area contributed by atoms with Crippen molar-refractivity contribution in [2.75, 3.05) is 49.7 Å². The van der Waals surface area contributed by atoms with Crippen LogP contribution in [0.1, 0.15) is 26.3 Å². The molecule has 2 aromatic rings. The number of rotatable bonds is 8. The fourth-order valence-corrected chi connectivity index (χ4v) is 4.66. The van der Waals surface area contributed by atoms with Crippen LogP contribution in [0.25, 0.3) is 0 Å². The van der Waals surface area contributed by atoms with Crippen LogP contribution in [0.15, 0.2) is 52.6 Å². The summed E-state index contributed by atoms with van der Waals surface area (Å²) in [6, 6.07) is 11.4. The molecule has 0 spiro atoms. The van der Waals surface area contributed by atoms with Gasteiger partial charge in [-0.2, -0.15) is 9.41 Å². The zero-order valence-corrected chi connectivity index (χ0v) is 18.5. The van der Waals surface area contributed by atoms with E-state index in [1.807, 2.05) is 32.9 Å². The van der Waals surface area contributed by atoms with Crippen LogP contribution in [0.5, 0.6) is 0 Å². The molecule has 0 unspecified atom stereocenters. The van der Waals surface area contributed by atoms with Gasteiger partial charge in [-0.1, -0.05) is 26.0 Å². The van der Waals surface area contributed by atoms with Crippen LogP contribution in [0.3, 0.4) is 0 Å². The van der Waals surface area contributed by atoms with Gasteiger partial charge in [0.25, 0.3) is 0 Å². The maximum Gasteiger partial charge on any atom is 0.244 e. The third-order valence-corrected chi connectivity index (χ3v) is 7.11. The van der Waals surface area contributed by atoms with Crippen molar-refractivity contribution in [3.63, 3.8) is 0 Å². The van der Waals surface area contributed by atoms with Gasteiger partial charge in [0, 0.05) is 38.1 Å². The highest BCUT2D eigenvalue weighted by molar-refractivity contribution is 7.89. The molecule has 0 amide bonds. The molecular weight excluding hydrogens is 402 g/mol. The average Bonchev–Trinajstić information content (AvgIpc) is 2.79. The molecule has 0 radical (unpaired) electrons. The molecule has 0 atom stereocenters. The highest BCUT2D eigenvalue weighted by atomic mass is 32.2. The Balaban J connectivity index is 1.65. The first-order valence-electron chi connectivity index (χ1n) is 10.1. The highest BCUT2D eigenvalue weighted by Crippen LogP contribution is 2.18. The minimum Gasteiger partial charge on any atom is -0.378 e. The third-order valence-electron chi connectivity index (χ3n) is 5.08. The van der Waals surface area contributed by atoms with Gasteiger partial charge in [-0.15, -0.1) is 0 Å². The molecule has 1 aliphatic rings. The van der Waals surface area contributed by atoms with Gasteiger partial charge in [-0.3, -0.25) is 5.43 Å². The van der Waals surface area contributed by atoms with Crippen LogP contribution < -0.4 is 10.3 Å².